The fourth-order valence-corrected chi connectivity index (χ4v) is 1.72. The first-order chi connectivity index (χ1) is 7.29. The molecule has 3 heteroatoms. The molecule has 3 nitrogen and oxygen atoms in total. The van der Waals surface area contributed by atoms with Crippen LogP contribution in [0.1, 0.15) is 24.9 Å². The number of benzene rings is 1. The minimum absolute atomic E-state index is 0.196. The number of hydrogen-bond acceptors (Lipinski definition) is 3. The van der Waals surface area contributed by atoms with Gasteiger partial charge in [-0.2, -0.15) is 0 Å². The minimum atomic E-state index is 0.196. The lowest BCUT2D eigenvalue weighted by Crippen LogP contribution is -2.33. The molecule has 0 aliphatic heterocycles. The standard InChI is InChI=1S/C12H20N2O/c1-10(8-9-15-2)12(14-13)11-6-4-3-5-7-11/h3-7,10,12,14H,8-9,13H2,1-2H3. The van der Waals surface area contributed by atoms with Crippen molar-refractivity contribution < 1.29 is 4.74 Å². The fraction of sp³-hybridized carbons (Fsp3) is 0.500. The predicted octanol–water partition coefficient (Wildman–Crippen LogP) is 1.86. The molecule has 0 aliphatic carbocycles. The van der Waals surface area contributed by atoms with Crippen LogP contribution in [0, 0.1) is 5.92 Å². The molecule has 1 rings (SSSR count). The minimum Gasteiger partial charge on any atom is -0.385 e. The zero-order chi connectivity index (χ0) is 11.1. The van der Waals surface area contributed by atoms with E-state index in [0.29, 0.717) is 5.92 Å². The highest BCUT2D eigenvalue weighted by Gasteiger charge is 2.16. The van der Waals surface area contributed by atoms with Crippen LogP contribution in [-0.4, -0.2) is 13.7 Å². The van der Waals surface area contributed by atoms with Crippen LogP contribution >= 0.6 is 0 Å². The molecule has 0 bridgehead atoms. The van der Waals surface area contributed by atoms with Gasteiger partial charge in [0.25, 0.3) is 0 Å². The summed E-state index contributed by atoms with van der Waals surface area (Å²) in [6.07, 6.45) is 1.00. The molecule has 0 radical (unpaired) electrons. The van der Waals surface area contributed by atoms with E-state index >= 15 is 0 Å². The summed E-state index contributed by atoms with van der Waals surface area (Å²) in [6, 6.07) is 10.4. The van der Waals surface area contributed by atoms with E-state index < -0.39 is 0 Å². The molecule has 84 valence electrons. The van der Waals surface area contributed by atoms with E-state index in [1.165, 1.54) is 5.56 Å². The first-order valence-electron chi connectivity index (χ1n) is 5.29. The summed E-state index contributed by atoms with van der Waals surface area (Å²) in [4.78, 5) is 0. The van der Waals surface area contributed by atoms with Crippen molar-refractivity contribution in [1.29, 1.82) is 0 Å². The third-order valence-electron chi connectivity index (χ3n) is 2.68. The second kappa shape index (κ2) is 6.56. The summed E-state index contributed by atoms with van der Waals surface area (Å²) >= 11 is 0. The number of rotatable bonds is 6. The molecule has 0 fully saturated rings. The highest BCUT2D eigenvalue weighted by atomic mass is 16.5. The Labute approximate surface area is 91.6 Å². The molecule has 2 unspecified atom stereocenters. The molecule has 15 heavy (non-hydrogen) atoms. The maximum Gasteiger partial charge on any atom is 0.0486 e. The molecule has 2 atom stereocenters. The zero-order valence-corrected chi connectivity index (χ0v) is 9.44. The molecule has 0 saturated carbocycles. The Morgan fingerprint density at radius 1 is 1.33 bits per heavy atom. The van der Waals surface area contributed by atoms with E-state index in [1.54, 1.807) is 7.11 Å². The van der Waals surface area contributed by atoms with Crippen molar-refractivity contribution in [3.05, 3.63) is 35.9 Å². The van der Waals surface area contributed by atoms with Crippen LogP contribution in [0.25, 0.3) is 0 Å². The Morgan fingerprint density at radius 2 is 2.00 bits per heavy atom. The lowest BCUT2D eigenvalue weighted by atomic mass is 9.93. The van der Waals surface area contributed by atoms with E-state index in [-0.39, 0.29) is 6.04 Å². The lowest BCUT2D eigenvalue weighted by molar-refractivity contribution is 0.170. The van der Waals surface area contributed by atoms with Crippen molar-refractivity contribution in [2.45, 2.75) is 19.4 Å². The molecular weight excluding hydrogens is 188 g/mol. The van der Waals surface area contributed by atoms with Crippen LogP contribution in [0.5, 0.6) is 0 Å². The predicted molar refractivity (Wildman–Crippen MR) is 62.2 cm³/mol. The Bertz CT molecular complexity index is 264. The van der Waals surface area contributed by atoms with E-state index in [9.17, 15) is 0 Å². The van der Waals surface area contributed by atoms with Gasteiger partial charge in [-0.25, -0.2) is 0 Å². The van der Waals surface area contributed by atoms with Gasteiger partial charge in [0.05, 0.1) is 0 Å². The number of ether oxygens (including phenoxy) is 1. The van der Waals surface area contributed by atoms with Crippen molar-refractivity contribution in [3.63, 3.8) is 0 Å². The van der Waals surface area contributed by atoms with E-state index in [0.717, 1.165) is 13.0 Å². The Morgan fingerprint density at radius 3 is 2.53 bits per heavy atom. The maximum absolute atomic E-state index is 5.59. The van der Waals surface area contributed by atoms with Gasteiger partial charge in [0.1, 0.15) is 0 Å². The number of nitrogens with two attached hydrogens (primary N) is 1. The molecule has 1 aromatic rings. The van der Waals surface area contributed by atoms with Gasteiger partial charge < -0.3 is 4.74 Å². The van der Waals surface area contributed by atoms with Gasteiger partial charge in [-0.3, -0.25) is 11.3 Å². The monoisotopic (exact) mass is 208 g/mol. The van der Waals surface area contributed by atoms with Crippen LogP contribution < -0.4 is 11.3 Å². The normalized spacial score (nSPS) is 14.9. The van der Waals surface area contributed by atoms with Crippen LogP contribution in [0.4, 0.5) is 0 Å². The van der Waals surface area contributed by atoms with E-state index in [2.05, 4.69) is 24.5 Å². The van der Waals surface area contributed by atoms with Crippen molar-refractivity contribution >= 4 is 0 Å². The molecule has 0 spiro atoms. The number of hydrazine groups is 1. The van der Waals surface area contributed by atoms with Crippen LogP contribution in [-0.2, 0) is 4.74 Å². The van der Waals surface area contributed by atoms with E-state index in [4.69, 9.17) is 10.6 Å². The fourth-order valence-electron chi connectivity index (χ4n) is 1.72. The molecule has 0 aliphatic rings. The summed E-state index contributed by atoms with van der Waals surface area (Å²) in [5.41, 5.74) is 4.10. The molecule has 1 aromatic carbocycles. The smallest absolute Gasteiger partial charge is 0.0486 e. The van der Waals surface area contributed by atoms with Gasteiger partial charge in [0.2, 0.25) is 0 Å². The van der Waals surface area contributed by atoms with Crippen molar-refractivity contribution in [2.24, 2.45) is 11.8 Å². The summed E-state index contributed by atoms with van der Waals surface area (Å²) < 4.78 is 5.07. The van der Waals surface area contributed by atoms with Gasteiger partial charge in [-0.05, 0) is 17.9 Å². The summed E-state index contributed by atoms with van der Waals surface area (Å²) in [7, 11) is 1.72. The Balaban J connectivity index is 2.63. The second-order valence-corrected chi connectivity index (χ2v) is 3.81. The quantitative estimate of drug-likeness (QED) is 0.554. The first-order valence-corrected chi connectivity index (χ1v) is 5.29. The number of nitrogens with one attached hydrogen (secondary N) is 1. The number of hydrogen-bond donors (Lipinski definition) is 2. The van der Waals surface area contributed by atoms with Crippen molar-refractivity contribution in [1.82, 2.24) is 5.43 Å². The molecule has 3 N–H and O–H groups in total. The van der Waals surface area contributed by atoms with Crippen LogP contribution in [0.15, 0.2) is 30.3 Å². The lowest BCUT2D eigenvalue weighted by Gasteiger charge is -2.23. The van der Waals surface area contributed by atoms with E-state index in [1.807, 2.05) is 18.2 Å². The second-order valence-electron chi connectivity index (χ2n) is 3.81. The zero-order valence-electron chi connectivity index (χ0n) is 9.44. The van der Waals surface area contributed by atoms with Gasteiger partial charge in [0, 0.05) is 19.8 Å². The average molecular weight is 208 g/mol. The highest BCUT2D eigenvalue weighted by Crippen LogP contribution is 2.23. The summed E-state index contributed by atoms with van der Waals surface area (Å²) in [5, 5.41) is 0. The largest absolute Gasteiger partial charge is 0.385 e. The van der Waals surface area contributed by atoms with Gasteiger partial charge in [-0.1, -0.05) is 37.3 Å². The first kappa shape index (κ1) is 12.2. The molecule has 0 saturated heterocycles. The van der Waals surface area contributed by atoms with Gasteiger partial charge in [-0.15, -0.1) is 0 Å². The number of methoxy groups -OCH3 is 1. The third-order valence-corrected chi connectivity index (χ3v) is 2.68. The molecule has 0 aromatic heterocycles. The SMILES string of the molecule is COCCC(C)C(NN)c1ccccc1. The van der Waals surface area contributed by atoms with Gasteiger partial charge >= 0.3 is 0 Å². The third kappa shape index (κ3) is 3.63. The average Bonchev–Trinajstić information content (AvgIpc) is 2.29. The Hall–Kier alpha value is -0.900. The summed E-state index contributed by atoms with van der Waals surface area (Å²) in [6.45, 7) is 2.95. The van der Waals surface area contributed by atoms with Crippen molar-refractivity contribution in [3.8, 4) is 0 Å². The van der Waals surface area contributed by atoms with Crippen LogP contribution in [0.3, 0.4) is 0 Å². The topological polar surface area (TPSA) is 47.3 Å². The van der Waals surface area contributed by atoms with Crippen molar-refractivity contribution in [2.75, 3.05) is 13.7 Å². The Kier molecular flexibility index (Phi) is 5.32. The maximum atomic E-state index is 5.59. The molecular formula is C12H20N2O. The summed E-state index contributed by atoms with van der Waals surface area (Å²) in [5.74, 6) is 6.04. The van der Waals surface area contributed by atoms with Gasteiger partial charge in [0.15, 0.2) is 0 Å². The van der Waals surface area contributed by atoms with Crippen LogP contribution in [0.2, 0.25) is 0 Å². The molecule has 0 heterocycles. The highest BCUT2D eigenvalue weighted by molar-refractivity contribution is 5.19. The molecule has 0 amide bonds.